The van der Waals surface area contributed by atoms with Crippen LogP contribution >= 0.6 is 15.9 Å². The molecule has 0 aliphatic rings. The number of anilines is 1. The Morgan fingerprint density at radius 3 is 2.20 bits per heavy atom. The van der Waals surface area contributed by atoms with Gasteiger partial charge in [-0.2, -0.15) is 0 Å². The monoisotopic (exact) mass is 331 g/mol. The summed E-state index contributed by atoms with van der Waals surface area (Å²) in [5.41, 5.74) is 9.27. The fourth-order valence-electron chi connectivity index (χ4n) is 1.79. The van der Waals surface area contributed by atoms with Crippen LogP contribution < -0.4 is 10.6 Å². The predicted molar refractivity (Wildman–Crippen MR) is 89.3 cm³/mol. The average molecular weight is 332 g/mol. The van der Waals surface area contributed by atoms with Gasteiger partial charge in [-0.25, -0.2) is 0 Å². The second kappa shape index (κ2) is 6.57. The molecule has 3 nitrogen and oxygen atoms in total. The van der Waals surface area contributed by atoms with E-state index in [0.29, 0.717) is 12.4 Å². The summed E-state index contributed by atoms with van der Waals surface area (Å²) in [7, 11) is 4.03. The summed E-state index contributed by atoms with van der Waals surface area (Å²) in [5.74, 6) is 0.568. The molecule has 2 aromatic rings. The Morgan fingerprint density at radius 2 is 1.65 bits per heavy atom. The van der Waals surface area contributed by atoms with Crippen molar-refractivity contribution in [2.75, 3.05) is 19.0 Å². The van der Waals surface area contributed by atoms with Gasteiger partial charge in [-0.1, -0.05) is 28.1 Å². The molecule has 0 saturated carbocycles. The molecule has 2 aromatic carbocycles. The Balaban J connectivity index is 2.08. The molecule has 0 amide bonds. The molecule has 2 N–H and O–H groups in total. The van der Waals surface area contributed by atoms with Crippen molar-refractivity contribution < 1.29 is 0 Å². The van der Waals surface area contributed by atoms with Crippen molar-refractivity contribution in [3.63, 3.8) is 0 Å². The lowest BCUT2D eigenvalue weighted by molar-refractivity contribution is 1.06. The molecule has 104 valence electrons. The van der Waals surface area contributed by atoms with Gasteiger partial charge in [0.05, 0.1) is 6.54 Å². The second-order valence-corrected chi connectivity index (χ2v) is 5.68. The fraction of sp³-hybridized carbons (Fsp3) is 0.188. The highest BCUT2D eigenvalue weighted by Gasteiger charge is 2.00. The van der Waals surface area contributed by atoms with Crippen LogP contribution in [0.15, 0.2) is 58.0 Å². The number of benzene rings is 2. The minimum Gasteiger partial charge on any atom is -0.383 e. The van der Waals surface area contributed by atoms with Gasteiger partial charge in [0.25, 0.3) is 0 Å². The van der Waals surface area contributed by atoms with Crippen LogP contribution in [0, 0.1) is 0 Å². The van der Waals surface area contributed by atoms with Crippen molar-refractivity contribution in [3.8, 4) is 0 Å². The number of aliphatic imine (C=N–C) groups is 1. The largest absolute Gasteiger partial charge is 0.383 e. The van der Waals surface area contributed by atoms with Gasteiger partial charge in [-0.15, -0.1) is 0 Å². The third-order valence-corrected chi connectivity index (χ3v) is 3.55. The molecule has 0 heterocycles. The summed E-state index contributed by atoms with van der Waals surface area (Å²) >= 11 is 3.42. The van der Waals surface area contributed by atoms with Gasteiger partial charge in [0.2, 0.25) is 0 Å². The highest BCUT2D eigenvalue weighted by atomic mass is 79.9. The lowest BCUT2D eigenvalue weighted by atomic mass is 10.2. The average Bonchev–Trinajstić information content (AvgIpc) is 2.46. The normalized spacial score (nSPS) is 11.4. The number of amidine groups is 1. The maximum atomic E-state index is 6.03. The topological polar surface area (TPSA) is 41.6 Å². The lowest BCUT2D eigenvalue weighted by Crippen LogP contribution is -2.14. The van der Waals surface area contributed by atoms with Crippen LogP contribution in [0.25, 0.3) is 0 Å². The van der Waals surface area contributed by atoms with E-state index in [-0.39, 0.29) is 0 Å². The summed E-state index contributed by atoms with van der Waals surface area (Å²) in [6.45, 7) is 0.592. The van der Waals surface area contributed by atoms with E-state index in [1.54, 1.807) is 0 Å². The molecule has 0 radical (unpaired) electrons. The maximum Gasteiger partial charge on any atom is 0.125 e. The minimum atomic E-state index is 0.568. The van der Waals surface area contributed by atoms with E-state index in [0.717, 1.165) is 21.3 Å². The van der Waals surface area contributed by atoms with Gasteiger partial charge >= 0.3 is 0 Å². The molecule has 4 heteroatoms. The van der Waals surface area contributed by atoms with Crippen LogP contribution in [0.2, 0.25) is 0 Å². The molecule has 0 bridgehead atoms. The number of halogens is 1. The van der Waals surface area contributed by atoms with E-state index in [4.69, 9.17) is 5.73 Å². The van der Waals surface area contributed by atoms with Gasteiger partial charge < -0.3 is 10.6 Å². The zero-order chi connectivity index (χ0) is 14.5. The van der Waals surface area contributed by atoms with E-state index < -0.39 is 0 Å². The number of hydrogen-bond donors (Lipinski definition) is 1. The molecule has 0 fully saturated rings. The molecule has 2 rings (SSSR count). The Bertz CT molecular complexity index is 586. The van der Waals surface area contributed by atoms with Gasteiger partial charge in [0.1, 0.15) is 5.84 Å². The van der Waals surface area contributed by atoms with Crippen LogP contribution in [-0.2, 0) is 6.54 Å². The summed E-state index contributed by atoms with van der Waals surface area (Å²) in [6, 6.07) is 16.2. The smallest absolute Gasteiger partial charge is 0.125 e. The molecular weight excluding hydrogens is 314 g/mol. The van der Waals surface area contributed by atoms with Crippen molar-refractivity contribution in [3.05, 3.63) is 64.1 Å². The van der Waals surface area contributed by atoms with E-state index in [1.807, 2.05) is 62.6 Å². The first-order valence-electron chi connectivity index (χ1n) is 6.38. The predicted octanol–water partition coefficient (Wildman–Crippen LogP) is 3.42. The molecular formula is C16H18BrN3. The number of hydrogen-bond acceptors (Lipinski definition) is 2. The van der Waals surface area contributed by atoms with Crippen molar-refractivity contribution in [1.29, 1.82) is 0 Å². The minimum absolute atomic E-state index is 0.568. The maximum absolute atomic E-state index is 6.03. The van der Waals surface area contributed by atoms with Crippen LogP contribution in [0.3, 0.4) is 0 Å². The van der Waals surface area contributed by atoms with E-state index in [9.17, 15) is 0 Å². The number of nitrogens with two attached hydrogens (primary N) is 1. The Morgan fingerprint density at radius 1 is 1.05 bits per heavy atom. The Labute approximate surface area is 128 Å². The summed E-state index contributed by atoms with van der Waals surface area (Å²) in [6.07, 6.45) is 0. The molecule has 0 aromatic heterocycles. The molecule has 0 unspecified atom stereocenters. The highest BCUT2D eigenvalue weighted by Crippen LogP contribution is 2.13. The zero-order valence-corrected chi connectivity index (χ0v) is 13.3. The van der Waals surface area contributed by atoms with Crippen LogP contribution in [0.4, 0.5) is 5.69 Å². The first-order valence-corrected chi connectivity index (χ1v) is 7.17. The van der Waals surface area contributed by atoms with Crippen molar-refractivity contribution in [2.45, 2.75) is 6.54 Å². The van der Waals surface area contributed by atoms with Crippen LogP contribution in [0.5, 0.6) is 0 Å². The third kappa shape index (κ3) is 3.84. The lowest BCUT2D eigenvalue weighted by Gasteiger charge is -2.12. The zero-order valence-electron chi connectivity index (χ0n) is 11.7. The van der Waals surface area contributed by atoms with E-state index in [1.165, 1.54) is 0 Å². The standard InChI is InChI=1S/C16H18BrN3/c1-20(2)15-9-5-13(6-10-15)16(18)19-11-12-3-7-14(17)8-4-12/h3-10H,11H2,1-2H3,(H2,18,19). The first-order chi connectivity index (χ1) is 9.56. The SMILES string of the molecule is CN(C)c1ccc(C(N)=NCc2ccc(Br)cc2)cc1. The Kier molecular flexibility index (Phi) is 4.79. The molecule has 0 aliphatic heterocycles. The highest BCUT2D eigenvalue weighted by molar-refractivity contribution is 9.10. The van der Waals surface area contributed by atoms with Gasteiger partial charge in [-0.3, -0.25) is 4.99 Å². The van der Waals surface area contributed by atoms with Crippen molar-refractivity contribution in [1.82, 2.24) is 0 Å². The second-order valence-electron chi connectivity index (χ2n) is 4.77. The van der Waals surface area contributed by atoms with Crippen LogP contribution in [-0.4, -0.2) is 19.9 Å². The van der Waals surface area contributed by atoms with Crippen molar-refractivity contribution in [2.24, 2.45) is 10.7 Å². The quantitative estimate of drug-likeness (QED) is 0.688. The molecule has 0 spiro atoms. The summed E-state index contributed by atoms with van der Waals surface area (Å²) in [5, 5.41) is 0. The third-order valence-electron chi connectivity index (χ3n) is 3.02. The molecule has 0 aliphatic carbocycles. The van der Waals surface area contributed by atoms with Gasteiger partial charge in [0, 0.05) is 29.8 Å². The number of nitrogens with zero attached hydrogens (tertiary/aromatic N) is 2. The summed E-state index contributed by atoms with van der Waals surface area (Å²) in [4.78, 5) is 6.49. The van der Waals surface area contributed by atoms with Gasteiger partial charge in [-0.05, 0) is 42.0 Å². The first kappa shape index (κ1) is 14.6. The van der Waals surface area contributed by atoms with E-state index >= 15 is 0 Å². The molecule has 0 atom stereocenters. The number of rotatable bonds is 4. The fourth-order valence-corrected chi connectivity index (χ4v) is 2.05. The Hall–Kier alpha value is -1.81. The molecule has 0 saturated heterocycles. The van der Waals surface area contributed by atoms with E-state index in [2.05, 4.69) is 25.8 Å². The summed E-state index contributed by atoms with van der Waals surface area (Å²) < 4.78 is 1.07. The van der Waals surface area contributed by atoms with Gasteiger partial charge in [0.15, 0.2) is 0 Å². The molecule has 20 heavy (non-hydrogen) atoms. The van der Waals surface area contributed by atoms with Crippen molar-refractivity contribution >= 4 is 27.5 Å². The van der Waals surface area contributed by atoms with Crippen LogP contribution in [0.1, 0.15) is 11.1 Å².